The molecule has 1 atom stereocenters. The third kappa shape index (κ3) is 4.87. The lowest BCUT2D eigenvalue weighted by atomic mass is 10.2. The third-order valence-electron chi connectivity index (χ3n) is 4.07. The molecule has 1 aromatic carbocycles. The van der Waals surface area contributed by atoms with Crippen LogP contribution >= 0.6 is 0 Å². The zero-order valence-corrected chi connectivity index (χ0v) is 14.2. The van der Waals surface area contributed by atoms with Gasteiger partial charge in [-0.1, -0.05) is 12.1 Å². The first kappa shape index (κ1) is 17.6. The van der Waals surface area contributed by atoms with E-state index in [9.17, 15) is 9.18 Å². The summed E-state index contributed by atoms with van der Waals surface area (Å²) in [7, 11) is 0. The van der Waals surface area contributed by atoms with Crippen molar-refractivity contribution in [3.63, 3.8) is 0 Å². The van der Waals surface area contributed by atoms with Crippen molar-refractivity contribution in [1.29, 1.82) is 0 Å². The van der Waals surface area contributed by atoms with Crippen LogP contribution in [0, 0.1) is 12.7 Å². The lowest BCUT2D eigenvalue weighted by Gasteiger charge is -2.32. The minimum absolute atomic E-state index is 0.165. The smallest absolute Gasteiger partial charge is 0.251 e. The van der Waals surface area contributed by atoms with Crippen LogP contribution in [-0.4, -0.2) is 47.7 Å². The maximum absolute atomic E-state index is 13.5. The molecule has 0 radical (unpaired) electrons. The van der Waals surface area contributed by atoms with E-state index in [-0.39, 0.29) is 23.2 Å². The Hall–Kier alpha value is -2.25. The molecule has 0 amide bonds. The molecule has 25 heavy (non-hydrogen) atoms. The second kappa shape index (κ2) is 8.22. The maximum atomic E-state index is 13.5. The second-order valence-corrected chi connectivity index (χ2v) is 6.05. The number of aryl methyl sites for hydroxylation is 1. The molecule has 7 heteroatoms. The number of para-hydroxylation sites is 1. The monoisotopic (exact) mass is 347 g/mol. The first-order chi connectivity index (χ1) is 12.1. The molecule has 1 saturated heterocycles. The van der Waals surface area contributed by atoms with Crippen molar-refractivity contribution >= 4 is 0 Å². The van der Waals surface area contributed by atoms with Crippen molar-refractivity contribution in [2.24, 2.45) is 0 Å². The van der Waals surface area contributed by atoms with Gasteiger partial charge in [-0.05, 0) is 25.5 Å². The van der Waals surface area contributed by atoms with Gasteiger partial charge in [0.05, 0.1) is 18.9 Å². The molecule has 134 valence electrons. The quantitative estimate of drug-likeness (QED) is 0.810. The predicted molar refractivity (Wildman–Crippen MR) is 91.2 cm³/mol. The molecule has 1 aromatic heterocycles. The van der Waals surface area contributed by atoms with E-state index >= 15 is 0 Å². The summed E-state index contributed by atoms with van der Waals surface area (Å²) >= 11 is 0. The zero-order chi connectivity index (χ0) is 17.6. The molecule has 3 rings (SSSR count). The topological polar surface area (TPSA) is 67.5 Å². The highest BCUT2D eigenvalue weighted by Crippen LogP contribution is 2.20. The highest BCUT2D eigenvalue weighted by atomic mass is 19.1. The highest BCUT2D eigenvalue weighted by molar-refractivity contribution is 5.23. The largest absolute Gasteiger partial charge is 0.490 e. The van der Waals surface area contributed by atoms with Crippen molar-refractivity contribution in [1.82, 2.24) is 14.9 Å². The molecule has 0 spiro atoms. The number of nitrogens with one attached hydrogen (secondary N) is 1. The van der Waals surface area contributed by atoms with Crippen molar-refractivity contribution in [3.8, 4) is 5.75 Å². The van der Waals surface area contributed by atoms with Gasteiger partial charge in [-0.15, -0.1) is 0 Å². The Kier molecular flexibility index (Phi) is 5.78. The molecule has 1 aliphatic rings. The number of aromatic nitrogens is 2. The number of halogens is 1. The van der Waals surface area contributed by atoms with Gasteiger partial charge in [0.1, 0.15) is 11.9 Å². The molecule has 1 unspecified atom stereocenters. The number of ether oxygens (including phenoxy) is 2. The molecule has 0 bridgehead atoms. The van der Waals surface area contributed by atoms with Gasteiger partial charge in [-0.2, -0.15) is 0 Å². The molecular weight excluding hydrogens is 325 g/mol. The van der Waals surface area contributed by atoms with E-state index in [1.807, 2.05) is 0 Å². The number of morpholine rings is 1. The van der Waals surface area contributed by atoms with Crippen LogP contribution in [0.3, 0.4) is 0 Å². The normalized spacial score (nSPS) is 18.2. The summed E-state index contributed by atoms with van der Waals surface area (Å²) < 4.78 is 24.7. The minimum Gasteiger partial charge on any atom is -0.490 e. The fourth-order valence-corrected chi connectivity index (χ4v) is 2.88. The molecule has 0 saturated carbocycles. The Morgan fingerprint density at radius 1 is 1.44 bits per heavy atom. The average Bonchev–Trinajstić information content (AvgIpc) is 2.59. The molecule has 6 nitrogen and oxygen atoms in total. The van der Waals surface area contributed by atoms with Crippen LogP contribution < -0.4 is 10.3 Å². The van der Waals surface area contributed by atoms with Gasteiger partial charge in [-0.3, -0.25) is 9.69 Å². The molecular formula is C18H22FN3O3. The summed E-state index contributed by atoms with van der Waals surface area (Å²) in [5.41, 5.74) is 0.495. The predicted octanol–water partition coefficient (Wildman–Crippen LogP) is 2.06. The summed E-state index contributed by atoms with van der Waals surface area (Å²) in [5, 5.41) is 0. The Balaban J connectivity index is 1.48. The molecule has 2 aromatic rings. The number of rotatable bonds is 6. The van der Waals surface area contributed by atoms with Crippen LogP contribution in [-0.2, 0) is 4.74 Å². The van der Waals surface area contributed by atoms with E-state index in [1.54, 1.807) is 25.1 Å². The van der Waals surface area contributed by atoms with Crippen molar-refractivity contribution in [2.75, 3.05) is 32.8 Å². The van der Waals surface area contributed by atoms with E-state index in [2.05, 4.69) is 14.9 Å². The Morgan fingerprint density at radius 3 is 3.08 bits per heavy atom. The number of nitrogens with zero attached hydrogens (tertiary/aromatic N) is 2. The number of aromatic amines is 1. The minimum atomic E-state index is -0.343. The van der Waals surface area contributed by atoms with Crippen molar-refractivity contribution in [3.05, 3.63) is 58.0 Å². The fraction of sp³-hybridized carbons (Fsp3) is 0.444. The van der Waals surface area contributed by atoms with Gasteiger partial charge in [0.25, 0.3) is 5.56 Å². The number of hydrogen-bond donors (Lipinski definition) is 1. The summed E-state index contributed by atoms with van der Waals surface area (Å²) in [6.07, 6.45) is 0.574. The summed E-state index contributed by atoms with van der Waals surface area (Å²) in [5.74, 6) is 0.525. The summed E-state index contributed by atoms with van der Waals surface area (Å²) in [4.78, 5) is 20.8. The first-order valence-corrected chi connectivity index (χ1v) is 8.41. The van der Waals surface area contributed by atoms with Gasteiger partial charge in [0, 0.05) is 25.7 Å². The zero-order valence-electron chi connectivity index (χ0n) is 14.2. The molecule has 1 fully saturated rings. The summed E-state index contributed by atoms with van der Waals surface area (Å²) in [6.45, 7) is 5.10. The van der Waals surface area contributed by atoms with Gasteiger partial charge in [-0.25, -0.2) is 9.37 Å². The van der Waals surface area contributed by atoms with Crippen LogP contribution in [0.1, 0.15) is 24.0 Å². The lowest BCUT2D eigenvalue weighted by molar-refractivity contribution is -0.0332. The van der Waals surface area contributed by atoms with Crippen LogP contribution in [0.4, 0.5) is 4.39 Å². The average molecular weight is 347 g/mol. The number of benzene rings is 1. The van der Waals surface area contributed by atoms with E-state index in [0.717, 1.165) is 19.5 Å². The SMILES string of the molecule is Cc1nc(C2CN(CCCOc3ccccc3F)CCO2)cc(=O)[nH]1. The molecule has 1 N–H and O–H groups in total. The van der Waals surface area contributed by atoms with E-state index in [4.69, 9.17) is 9.47 Å². The van der Waals surface area contributed by atoms with Gasteiger partial charge in [0.15, 0.2) is 11.6 Å². The van der Waals surface area contributed by atoms with Gasteiger partial charge >= 0.3 is 0 Å². The number of hydrogen-bond acceptors (Lipinski definition) is 5. The Morgan fingerprint density at radius 2 is 2.28 bits per heavy atom. The van der Waals surface area contributed by atoms with E-state index in [1.165, 1.54) is 12.1 Å². The fourth-order valence-electron chi connectivity index (χ4n) is 2.88. The van der Waals surface area contributed by atoms with E-state index < -0.39 is 0 Å². The van der Waals surface area contributed by atoms with Crippen LogP contribution in [0.5, 0.6) is 5.75 Å². The van der Waals surface area contributed by atoms with E-state index in [0.29, 0.717) is 31.3 Å². The van der Waals surface area contributed by atoms with Crippen molar-refractivity contribution in [2.45, 2.75) is 19.4 Å². The Bertz CT molecular complexity index is 765. The number of H-pyrrole nitrogens is 1. The summed E-state index contributed by atoms with van der Waals surface area (Å²) in [6, 6.07) is 7.89. The standard InChI is InChI=1S/C18H22FN3O3/c1-13-20-15(11-18(23)21-13)17-12-22(8-10-25-17)7-4-9-24-16-6-3-2-5-14(16)19/h2-3,5-6,11,17H,4,7-10,12H2,1H3,(H,20,21,23). The molecule has 0 aliphatic carbocycles. The van der Waals surface area contributed by atoms with Crippen LogP contribution in [0.15, 0.2) is 35.1 Å². The van der Waals surface area contributed by atoms with Crippen LogP contribution in [0.2, 0.25) is 0 Å². The molecule has 2 heterocycles. The second-order valence-electron chi connectivity index (χ2n) is 6.05. The third-order valence-corrected chi connectivity index (χ3v) is 4.07. The maximum Gasteiger partial charge on any atom is 0.251 e. The van der Waals surface area contributed by atoms with Gasteiger partial charge in [0.2, 0.25) is 0 Å². The van der Waals surface area contributed by atoms with Crippen LogP contribution in [0.25, 0.3) is 0 Å². The van der Waals surface area contributed by atoms with Gasteiger partial charge < -0.3 is 14.5 Å². The van der Waals surface area contributed by atoms with Crippen molar-refractivity contribution < 1.29 is 13.9 Å². The highest BCUT2D eigenvalue weighted by Gasteiger charge is 2.23. The Labute approximate surface area is 145 Å². The first-order valence-electron chi connectivity index (χ1n) is 8.41. The molecule has 1 aliphatic heterocycles. The lowest BCUT2D eigenvalue weighted by Crippen LogP contribution is -2.39.